The predicted octanol–water partition coefficient (Wildman–Crippen LogP) is -0.558. The fourth-order valence-electron chi connectivity index (χ4n) is 2.00. The van der Waals surface area contributed by atoms with Gasteiger partial charge in [0, 0.05) is 11.6 Å². The van der Waals surface area contributed by atoms with Crippen LogP contribution in [0.4, 0.5) is 0 Å². The van der Waals surface area contributed by atoms with E-state index < -0.39 is 30.7 Å². The minimum absolute atomic E-state index is 0.0765. The Kier molecular flexibility index (Phi) is 4.46. The van der Waals surface area contributed by atoms with E-state index in [1.165, 1.54) is 12.1 Å². The molecule has 0 amide bonds. The van der Waals surface area contributed by atoms with Gasteiger partial charge in [0.05, 0.1) is 12.7 Å². The number of phenolic OH excluding ortho intramolecular Hbond substituents is 2. The van der Waals surface area contributed by atoms with Crippen LogP contribution in [0.1, 0.15) is 12.5 Å². The van der Waals surface area contributed by atoms with Crippen molar-refractivity contribution >= 4 is 0 Å². The second kappa shape index (κ2) is 5.94. The topological polar surface area (TPSA) is 120 Å². The molecule has 7 heteroatoms. The van der Waals surface area contributed by atoms with E-state index in [1.807, 2.05) is 0 Å². The maximum atomic E-state index is 9.75. The number of aromatic hydroxyl groups is 2. The van der Waals surface area contributed by atoms with Gasteiger partial charge in [-0.05, 0) is 19.1 Å². The summed E-state index contributed by atoms with van der Waals surface area (Å²) in [6.07, 6.45) is -5.74. The van der Waals surface area contributed by atoms with Crippen LogP contribution in [-0.2, 0) is 16.1 Å². The number of rotatable bonds is 3. The van der Waals surface area contributed by atoms with Crippen LogP contribution in [0.25, 0.3) is 0 Å². The standard InChI is InChI=1S/C13H18O7/c1-6-10(16)11(17)12(18)13(20-6)19-5-7-2-3-8(14)4-9(7)15/h2-4,6,10-18H,5H2,1H3/t6-,10-,11+,12+,13+/m0/s1. The van der Waals surface area contributed by atoms with Crippen LogP contribution in [0, 0.1) is 0 Å². The molecule has 1 aromatic rings. The van der Waals surface area contributed by atoms with E-state index >= 15 is 0 Å². The van der Waals surface area contributed by atoms with E-state index in [4.69, 9.17) is 14.6 Å². The summed E-state index contributed by atoms with van der Waals surface area (Å²) in [5, 5.41) is 47.7. The molecule has 7 nitrogen and oxygen atoms in total. The zero-order chi connectivity index (χ0) is 14.9. The maximum absolute atomic E-state index is 9.75. The minimum atomic E-state index is -1.39. The van der Waals surface area contributed by atoms with Gasteiger partial charge in [-0.15, -0.1) is 0 Å². The van der Waals surface area contributed by atoms with E-state index in [0.29, 0.717) is 5.56 Å². The molecular formula is C13H18O7. The second-order valence-electron chi connectivity index (χ2n) is 4.81. The molecule has 0 aromatic heterocycles. The van der Waals surface area contributed by atoms with E-state index in [1.54, 1.807) is 6.92 Å². The number of ether oxygens (including phenoxy) is 2. The van der Waals surface area contributed by atoms with E-state index in [0.717, 1.165) is 6.07 Å². The highest BCUT2D eigenvalue weighted by atomic mass is 16.7. The van der Waals surface area contributed by atoms with Gasteiger partial charge in [-0.3, -0.25) is 0 Å². The molecular weight excluding hydrogens is 268 g/mol. The van der Waals surface area contributed by atoms with Crippen LogP contribution in [0.5, 0.6) is 11.5 Å². The van der Waals surface area contributed by atoms with Crippen LogP contribution in [0.15, 0.2) is 18.2 Å². The molecule has 0 unspecified atom stereocenters. The number of hydrogen-bond acceptors (Lipinski definition) is 7. The number of phenols is 2. The van der Waals surface area contributed by atoms with Crippen molar-refractivity contribution in [3.63, 3.8) is 0 Å². The number of aliphatic hydroxyl groups is 3. The van der Waals surface area contributed by atoms with Crippen molar-refractivity contribution in [3.8, 4) is 11.5 Å². The maximum Gasteiger partial charge on any atom is 0.186 e. The highest BCUT2D eigenvalue weighted by Crippen LogP contribution is 2.26. The second-order valence-corrected chi connectivity index (χ2v) is 4.81. The molecule has 1 heterocycles. The van der Waals surface area contributed by atoms with Gasteiger partial charge in [-0.2, -0.15) is 0 Å². The first-order valence-corrected chi connectivity index (χ1v) is 6.22. The van der Waals surface area contributed by atoms with Crippen LogP contribution in [0.3, 0.4) is 0 Å². The van der Waals surface area contributed by atoms with Gasteiger partial charge in [-0.25, -0.2) is 0 Å². The molecule has 112 valence electrons. The third kappa shape index (κ3) is 3.02. The molecule has 2 rings (SSSR count). The van der Waals surface area contributed by atoms with Crippen molar-refractivity contribution in [1.29, 1.82) is 0 Å². The summed E-state index contributed by atoms with van der Waals surface area (Å²) in [6.45, 7) is 1.47. The summed E-state index contributed by atoms with van der Waals surface area (Å²) < 4.78 is 10.6. The van der Waals surface area contributed by atoms with Gasteiger partial charge < -0.3 is 35.0 Å². The SMILES string of the molecule is C[C@@H]1O[C@@H](OCc2ccc(O)cc2O)[C@H](O)[C@H](O)[C@H]1O. The van der Waals surface area contributed by atoms with Crippen molar-refractivity contribution in [2.75, 3.05) is 0 Å². The van der Waals surface area contributed by atoms with Crippen molar-refractivity contribution in [2.24, 2.45) is 0 Å². The largest absolute Gasteiger partial charge is 0.508 e. The van der Waals surface area contributed by atoms with Crippen LogP contribution in [0.2, 0.25) is 0 Å². The molecule has 0 radical (unpaired) electrons. The minimum Gasteiger partial charge on any atom is -0.508 e. The van der Waals surface area contributed by atoms with E-state index in [2.05, 4.69) is 0 Å². The Bertz CT molecular complexity index is 464. The Morgan fingerprint density at radius 1 is 1.10 bits per heavy atom. The summed E-state index contributed by atoms with van der Waals surface area (Å²) >= 11 is 0. The third-order valence-electron chi connectivity index (χ3n) is 3.28. The van der Waals surface area contributed by atoms with Gasteiger partial charge in [0.25, 0.3) is 0 Å². The molecule has 5 N–H and O–H groups in total. The molecule has 1 aliphatic rings. The predicted molar refractivity (Wildman–Crippen MR) is 66.9 cm³/mol. The molecule has 0 bridgehead atoms. The van der Waals surface area contributed by atoms with Crippen molar-refractivity contribution < 1.29 is 35.0 Å². The molecule has 1 saturated heterocycles. The molecule has 5 atom stereocenters. The molecule has 0 spiro atoms. The van der Waals surface area contributed by atoms with E-state index in [9.17, 15) is 20.4 Å². The third-order valence-corrected chi connectivity index (χ3v) is 3.28. The Morgan fingerprint density at radius 2 is 1.80 bits per heavy atom. The average molecular weight is 286 g/mol. The lowest BCUT2D eigenvalue weighted by Gasteiger charge is -2.38. The summed E-state index contributed by atoms with van der Waals surface area (Å²) in [5.74, 6) is -0.226. The monoisotopic (exact) mass is 286 g/mol. The highest BCUT2D eigenvalue weighted by Gasteiger charge is 2.42. The van der Waals surface area contributed by atoms with Crippen molar-refractivity contribution in [3.05, 3.63) is 23.8 Å². The quantitative estimate of drug-likeness (QED) is 0.505. The lowest BCUT2D eigenvalue weighted by atomic mass is 10.00. The molecule has 0 aliphatic carbocycles. The smallest absolute Gasteiger partial charge is 0.186 e. The summed E-state index contributed by atoms with van der Waals surface area (Å²) in [6, 6.07) is 4.02. The Morgan fingerprint density at radius 3 is 2.45 bits per heavy atom. The summed E-state index contributed by atoms with van der Waals surface area (Å²) in [7, 11) is 0. The Balaban J connectivity index is 1.99. The Hall–Kier alpha value is -1.38. The molecule has 1 fully saturated rings. The Labute approximate surface area is 115 Å². The van der Waals surface area contributed by atoms with Crippen molar-refractivity contribution in [1.82, 2.24) is 0 Å². The number of hydrogen-bond donors (Lipinski definition) is 5. The first-order chi connectivity index (χ1) is 9.40. The molecule has 1 aromatic carbocycles. The van der Waals surface area contributed by atoms with Crippen LogP contribution in [-0.4, -0.2) is 56.2 Å². The van der Waals surface area contributed by atoms with Crippen LogP contribution >= 0.6 is 0 Å². The first-order valence-electron chi connectivity index (χ1n) is 6.22. The lowest BCUT2D eigenvalue weighted by molar-refractivity contribution is -0.296. The van der Waals surface area contributed by atoms with E-state index in [-0.39, 0.29) is 18.1 Å². The molecule has 1 aliphatic heterocycles. The van der Waals surface area contributed by atoms with Gasteiger partial charge >= 0.3 is 0 Å². The first kappa shape index (κ1) is 15.0. The number of benzene rings is 1. The molecule has 0 saturated carbocycles. The van der Waals surface area contributed by atoms with Gasteiger partial charge in [0.2, 0.25) is 0 Å². The summed E-state index contributed by atoms with van der Waals surface area (Å²) in [5.41, 5.74) is 0.395. The average Bonchev–Trinajstić information content (AvgIpc) is 2.40. The lowest BCUT2D eigenvalue weighted by Crippen LogP contribution is -2.57. The number of aliphatic hydroxyl groups excluding tert-OH is 3. The zero-order valence-electron chi connectivity index (χ0n) is 10.9. The van der Waals surface area contributed by atoms with Crippen molar-refractivity contribution in [2.45, 2.75) is 44.2 Å². The highest BCUT2D eigenvalue weighted by molar-refractivity contribution is 5.38. The van der Waals surface area contributed by atoms with Crippen LogP contribution < -0.4 is 0 Å². The van der Waals surface area contributed by atoms with Gasteiger partial charge in [0.15, 0.2) is 6.29 Å². The normalized spacial score (nSPS) is 34.1. The fraction of sp³-hybridized carbons (Fsp3) is 0.538. The fourth-order valence-corrected chi connectivity index (χ4v) is 2.00. The summed E-state index contributed by atoms with van der Waals surface area (Å²) in [4.78, 5) is 0. The molecule has 20 heavy (non-hydrogen) atoms. The van der Waals surface area contributed by atoms with Gasteiger partial charge in [-0.1, -0.05) is 0 Å². The zero-order valence-corrected chi connectivity index (χ0v) is 10.9. The van der Waals surface area contributed by atoms with Gasteiger partial charge in [0.1, 0.15) is 29.8 Å².